The summed E-state index contributed by atoms with van der Waals surface area (Å²) in [6, 6.07) is 4.79. The van der Waals surface area contributed by atoms with Gasteiger partial charge in [-0.3, -0.25) is 9.48 Å². The van der Waals surface area contributed by atoms with Crippen molar-refractivity contribution in [2.45, 2.75) is 33.2 Å². The molecule has 0 aliphatic heterocycles. The summed E-state index contributed by atoms with van der Waals surface area (Å²) in [6.45, 7) is 3.87. The molecule has 0 spiro atoms. The van der Waals surface area contributed by atoms with Gasteiger partial charge in [-0.15, -0.1) is 0 Å². The van der Waals surface area contributed by atoms with Crippen molar-refractivity contribution in [3.05, 3.63) is 39.6 Å². The maximum atomic E-state index is 12.3. The standard InChI is InChI=1S/C18H21Cl2N3O4/c1-4-5-8-23-17(20)16(11(2)22-23)18(25)27-10-15(24)21-12-6-7-14(26-3)13(19)9-12/h6-7,9H,4-5,8,10H2,1-3H3,(H,21,24). The van der Waals surface area contributed by atoms with Crippen molar-refractivity contribution in [1.82, 2.24) is 9.78 Å². The maximum Gasteiger partial charge on any atom is 0.343 e. The maximum absolute atomic E-state index is 12.3. The zero-order valence-electron chi connectivity index (χ0n) is 15.3. The average molecular weight is 414 g/mol. The van der Waals surface area contributed by atoms with Crippen LogP contribution in [0.4, 0.5) is 5.69 Å². The highest BCUT2D eigenvalue weighted by atomic mass is 35.5. The minimum atomic E-state index is -0.692. The van der Waals surface area contributed by atoms with Crippen LogP contribution >= 0.6 is 23.2 Å². The molecule has 1 N–H and O–H groups in total. The van der Waals surface area contributed by atoms with Gasteiger partial charge < -0.3 is 14.8 Å². The van der Waals surface area contributed by atoms with Gasteiger partial charge in [0, 0.05) is 12.2 Å². The number of anilines is 1. The van der Waals surface area contributed by atoms with Gasteiger partial charge in [0.15, 0.2) is 6.61 Å². The lowest BCUT2D eigenvalue weighted by atomic mass is 10.2. The third kappa shape index (κ3) is 5.37. The lowest BCUT2D eigenvalue weighted by Gasteiger charge is -2.09. The fraction of sp³-hybridized carbons (Fsp3) is 0.389. The Kier molecular flexibility index (Phi) is 7.50. The molecule has 7 nitrogen and oxygen atoms in total. The normalized spacial score (nSPS) is 10.6. The van der Waals surface area contributed by atoms with E-state index in [1.54, 1.807) is 29.8 Å². The summed E-state index contributed by atoms with van der Waals surface area (Å²) in [6.07, 6.45) is 1.87. The third-order valence-corrected chi connectivity index (χ3v) is 4.44. The Balaban J connectivity index is 1.96. The summed E-state index contributed by atoms with van der Waals surface area (Å²) in [7, 11) is 1.50. The number of halogens is 2. The molecule has 1 heterocycles. The molecule has 0 aliphatic carbocycles. The molecule has 2 aromatic rings. The zero-order chi connectivity index (χ0) is 20.0. The molecule has 0 aliphatic rings. The lowest BCUT2D eigenvalue weighted by Crippen LogP contribution is -2.21. The molecule has 1 amide bonds. The Labute approximate surface area is 167 Å². The van der Waals surface area contributed by atoms with Crippen LogP contribution in [0.1, 0.15) is 35.8 Å². The van der Waals surface area contributed by atoms with E-state index in [-0.39, 0.29) is 10.7 Å². The first kappa shape index (κ1) is 21.1. The predicted molar refractivity (Wildman–Crippen MR) is 104 cm³/mol. The van der Waals surface area contributed by atoms with Crippen molar-refractivity contribution in [3.63, 3.8) is 0 Å². The molecule has 2 rings (SSSR count). The number of ether oxygens (including phenoxy) is 2. The first-order chi connectivity index (χ1) is 12.9. The molecule has 0 saturated carbocycles. The van der Waals surface area contributed by atoms with Gasteiger partial charge in [0.25, 0.3) is 5.91 Å². The molecule has 0 unspecified atom stereocenters. The number of nitrogens with zero attached hydrogens (tertiary/aromatic N) is 2. The van der Waals surface area contributed by atoms with Crippen LogP contribution in [0.25, 0.3) is 0 Å². The van der Waals surface area contributed by atoms with E-state index < -0.39 is 18.5 Å². The summed E-state index contributed by atoms with van der Waals surface area (Å²) >= 11 is 12.2. The van der Waals surface area contributed by atoms with E-state index in [1.807, 2.05) is 6.92 Å². The Bertz CT molecular complexity index is 836. The van der Waals surface area contributed by atoms with Crippen molar-refractivity contribution in [3.8, 4) is 5.75 Å². The fourth-order valence-electron chi connectivity index (χ4n) is 2.39. The van der Waals surface area contributed by atoms with Crippen LogP contribution in [0.5, 0.6) is 5.75 Å². The van der Waals surface area contributed by atoms with Gasteiger partial charge in [0.2, 0.25) is 0 Å². The molecule has 9 heteroatoms. The average Bonchev–Trinajstić information content (AvgIpc) is 2.91. The largest absolute Gasteiger partial charge is 0.495 e. The molecular weight excluding hydrogens is 393 g/mol. The molecule has 146 valence electrons. The summed E-state index contributed by atoms with van der Waals surface area (Å²) in [5.41, 5.74) is 1.10. The van der Waals surface area contributed by atoms with Crippen LogP contribution in [0.3, 0.4) is 0 Å². The minimum Gasteiger partial charge on any atom is -0.495 e. The van der Waals surface area contributed by atoms with Gasteiger partial charge >= 0.3 is 5.97 Å². The van der Waals surface area contributed by atoms with E-state index in [9.17, 15) is 9.59 Å². The van der Waals surface area contributed by atoms with E-state index in [0.717, 1.165) is 12.8 Å². The van der Waals surface area contributed by atoms with Gasteiger partial charge in [-0.2, -0.15) is 5.10 Å². The predicted octanol–water partition coefficient (Wildman–Crippen LogP) is 4.10. The van der Waals surface area contributed by atoms with Crippen LogP contribution in [0, 0.1) is 6.92 Å². The van der Waals surface area contributed by atoms with E-state index in [4.69, 9.17) is 32.7 Å². The van der Waals surface area contributed by atoms with Crippen molar-refractivity contribution in [2.24, 2.45) is 0 Å². The van der Waals surface area contributed by atoms with Crippen LogP contribution in [0.2, 0.25) is 10.2 Å². The van der Waals surface area contributed by atoms with Gasteiger partial charge in [-0.05, 0) is 31.5 Å². The molecular formula is C18H21Cl2N3O4. The number of rotatable bonds is 8. The number of esters is 1. The first-order valence-electron chi connectivity index (χ1n) is 8.40. The van der Waals surface area contributed by atoms with Crippen molar-refractivity contribution in [1.29, 1.82) is 0 Å². The Morgan fingerprint density at radius 2 is 2.04 bits per heavy atom. The summed E-state index contributed by atoms with van der Waals surface area (Å²) in [4.78, 5) is 24.3. The number of unbranched alkanes of at least 4 members (excludes halogenated alkanes) is 1. The first-order valence-corrected chi connectivity index (χ1v) is 9.16. The number of nitrogens with one attached hydrogen (secondary N) is 1. The Morgan fingerprint density at radius 1 is 1.30 bits per heavy atom. The zero-order valence-corrected chi connectivity index (χ0v) is 16.9. The van der Waals surface area contributed by atoms with Crippen LogP contribution in [-0.2, 0) is 16.1 Å². The highest BCUT2D eigenvalue weighted by molar-refractivity contribution is 6.33. The van der Waals surface area contributed by atoms with Gasteiger partial charge in [-0.25, -0.2) is 4.79 Å². The van der Waals surface area contributed by atoms with Crippen molar-refractivity contribution < 1.29 is 19.1 Å². The van der Waals surface area contributed by atoms with Crippen LogP contribution < -0.4 is 10.1 Å². The minimum absolute atomic E-state index is 0.174. The second-order valence-corrected chi connectivity index (χ2v) is 6.57. The van der Waals surface area contributed by atoms with E-state index in [2.05, 4.69) is 10.4 Å². The SMILES string of the molecule is CCCCn1nc(C)c(C(=O)OCC(=O)Nc2ccc(OC)c(Cl)c2)c1Cl. The van der Waals surface area contributed by atoms with E-state index in [0.29, 0.717) is 28.7 Å². The summed E-state index contributed by atoms with van der Waals surface area (Å²) < 4.78 is 11.7. The molecule has 1 aromatic heterocycles. The Hall–Kier alpha value is -2.25. The van der Waals surface area contributed by atoms with Crippen LogP contribution in [-0.4, -0.2) is 35.4 Å². The number of methoxy groups -OCH3 is 1. The number of hydrogen-bond donors (Lipinski definition) is 1. The second kappa shape index (κ2) is 9.62. The molecule has 0 atom stereocenters. The molecule has 0 fully saturated rings. The highest BCUT2D eigenvalue weighted by Crippen LogP contribution is 2.27. The monoisotopic (exact) mass is 413 g/mol. The highest BCUT2D eigenvalue weighted by Gasteiger charge is 2.22. The Morgan fingerprint density at radius 3 is 2.67 bits per heavy atom. The number of amides is 1. The molecule has 0 bridgehead atoms. The molecule has 1 aromatic carbocycles. The van der Waals surface area contributed by atoms with Crippen molar-refractivity contribution in [2.75, 3.05) is 19.0 Å². The van der Waals surface area contributed by atoms with E-state index >= 15 is 0 Å². The van der Waals surface area contributed by atoms with Gasteiger partial charge in [-0.1, -0.05) is 36.5 Å². The topological polar surface area (TPSA) is 82.5 Å². The molecule has 0 radical (unpaired) electrons. The number of carbonyl (C=O) groups is 2. The van der Waals surface area contributed by atoms with Crippen LogP contribution in [0.15, 0.2) is 18.2 Å². The fourth-order valence-corrected chi connectivity index (χ4v) is 2.98. The molecule has 0 saturated heterocycles. The quantitative estimate of drug-likeness (QED) is 0.658. The summed E-state index contributed by atoms with van der Waals surface area (Å²) in [5.74, 6) is -0.703. The summed E-state index contributed by atoms with van der Waals surface area (Å²) in [5, 5.41) is 7.41. The third-order valence-electron chi connectivity index (χ3n) is 3.76. The van der Waals surface area contributed by atoms with Gasteiger partial charge in [0.1, 0.15) is 16.5 Å². The molecule has 27 heavy (non-hydrogen) atoms. The van der Waals surface area contributed by atoms with Gasteiger partial charge in [0.05, 0.1) is 17.8 Å². The number of benzene rings is 1. The number of aromatic nitrogens is 2. The van der Waals surface area contributed by atoms with E-state index in [1.165, 1.54) is 7.11 Å². The smallest absolute Gasteiger partial charge is 0.343 e. The lowest BCUT2D eigenvalue weighted by molar-refractivity contribution is -0.119. The number of aryl methyl sites for hydroxylation is 2. The second-order valence-electron chi connectivity index (χ2n) is 5.80. The number of hydrogen-bond acceptors (Lipinski definition) is 5. The van der Waals surface area contributed by atoms with Crippen molar-refractivity contribution >= 4 is 40.8 Å². The number of carbonyl (C=O) groups excluding carboxylic acids is 2.